The van der Waals surface area contributed by atoms with E-state index in [4.69, 9.17) is 5.11 Å². The van der Waals surface area contributed by atoms with Crippen molar-refractivity contribution in [1.82, 2.24) is 14.9 Å². The Hall–Kier alpha value is -2.04. The molecule has 94 valence electrons. The second kappa shape index (κ2) is 4.33. The number of hydrogen-bond donors (Lipinski definition) is 2. The first kappa shape index (κ1) is 11.1. The average molecular weight is 245 g/mol. The van der Waals surface area contributed by atoms with Gasteiger partial charge in [-0.3, -0.25) is 0 Å². The molecule has 2 N–H and O–H groups in total. The topological polar surface area (TPSA) is 69.2 Å². The second-order valence-electron chi connectivity index (χ2n) is 4.71. The van der Waals surface area contributed by atoms with E-state index in [0.717, 1.165) is 29.7 Å². The van der Waals surface area contributed by atoms with E-state index in [1.54, 1.807) is 0 Å². The number of aromatic nitrogens is 2. The van der Waals surface area contributed by atoms with Gasteiger partial charge >= 0.3 is 6.09 Å². The van der Waals surface area contributed by atoms with Gasteiger partial charge in [-0.15, -0.1) is 0 Å². The van der Waals surface area contributed by atoms with E-state index in [9.17, 15) is 4.79 Å². The fraction of sp³-hybridized carbons (Fsp3) is 0.385. The quantitative estimate of drug-likeness (QED) is 0.810. The van der Waals surface area contributed by atoms with Crippen LogP contribution in [0, 0.1) is 0 Å². The maximum Gasteiger partial charge on any atom is 0.407 e. The first-order valence-corrected chi connectivity index (χ1v) is 6.16. The number of nitrogens with zero attached hydrogens (tertiary/aromatic N) is 2. The molecule has 0 unspecified atom stereocenters. The van der Waals surface area contributed by atoms with Crippen LogP contribution in [-0.4, -0.2) is 39.2 Å². The standard InChI is InChI=1S/C13H15N3O2/c17-13(18)16-7-3-4-9(8-16)12-14-10-5-1-2-6-11(10)15-12/h1-2,5-6,9H,3-4,7-8H2,(H,14,15)(H,17,18)/t9-/m0/s1. The summed E-state index contributed by atoms with van der Waals surface area (Å²) >= 11 is 0. The van der Waals surface area contributed by atoms with E-state index in [1.807, 2.05) is 24.3 Å². The van der Waals surface area contributed by atoms with Gasteiger partial charge < -0.3 is 15.0 Å². The van der Waals surface area contributed by atoms with Gasteiger partial charge in [0.25, 0.3) is 0 Å². The summed E-state index contributed by atoms with van der Waals surface area (Å²) in [5.74, 6) is 1.09. The van der Waals surface area contributed by atoms with Gasteiger partial charge in [-0.05, 0) is 25.0 Å². The van der Waals surface area contributed by atoms with Crippen LogP contribution in [0.2, 0.25) is 0 Å². The molecule has 2 aromatic rings. The van der Waals surface area contributed by atoms with E-state index in [-0.39, 0.29) is 5.92 Å². The van der Waals surface area contributed by atoms with Crippen molar-refractivity contribution in [2.24, 2.45) is 0 Å². The first-order chi connectivity index (χ1) is 8.74. The van der Waals surface area contributed by atoms with Gasteiger partial charge in [0.2, 0.25) is 0 Å². The van der Waals surface area contributed by atoms with Gasteiger partial charge in [0, 0.05) is 19.0 Å². The molecule has 3 rings (SSSR count). The minimum atomic E-state index is -0.837. The normalized spacial score (nSPS) is 20.2. The number of carbonyl (C=O) groups is 1. The number of aromatic amines is 1. The van der Waals surface area contributed by atoms with Gasteiger partial charge in [-0.1, -0.05) is 12.1 Å². The highest BCUT2D eigenvalue weighted by atomic mass is 16.4. The largest absolute Gasteiger partial charge is 0.465 e. The lowest BCUT2D eigenvalue weighted by atomic mass is 9.98. The number of hydrogen-bond acceptors (Lipinski definition) is 2. The number of imidazole rings is 1. The zero-order valence-corrected chi connectivity index (χ0v) is 9.97. The van der Waals surface area contributed by atoms with Crippen molar-refractivity contribution < 1.29 is 9.90 Å². The maximum absolute atomic E-state index is 11.0. The van der Waals surface area contributed by atoms with Crippen molar-refractivity contribution in [2.75, 3.05) is 13.1 Å². The Morgan fingerprint density at radius 1 is 1.44 bits per heavy atom. The lowest BCUT2D eigenvalue weighted by Gasteiger charge is -2.29. The Morgan fingerprint density at radius 3 is 3.06 bits per heavy atom. The molecule has 18 heavy (non-hydrogen) atoms. The number of carboxylic acid groups (broad SMARTS) is 1. The van der Waals surface area contributed by atoms with Crippen LogP contribution in [0.3, 0.4) is 0 Å². The summed E-state index contributed by atoms with van der Waals surface area (Å²) in [6.07, 6.45) is 1.05. The number of rotatable bonds is 1. The molecule has 5 nitrogen and oxygen atoms in total. The van der Waals surface area contributed by atoms with Gasteiger partial charge in [0.15, 0.2) is 0 Å². The summed E-state index contributed by atoms with van der Waals surface area (Å²) in [4.78, 5) is 20.3. The number of nitrogens with one attached hydrogen (secondary N) is 1. The highest BCUT2D eigenvalue weighted by Gasteiger charge is 2.26. The Kier molecular flexibility index (Phi) is 2.66. The van der Waals surface area contributed by atoms with Gasteiger partial charge in [-0.25, -0.2) is 9.78 Å². The number of amides is 1. The van der Waals surface area contributed by atoms with Gasteiger partial charge in [-0.2, -0.15) is 0 Å². The molecular weight excluding hydrogens is 230 g/mol. The molecule has 2 heterocycles. The van der Waals surface area contributed by atoms with E-state index in [1.165, 1.54) is 4.90 Å². The highest BCUT2D eigenvalue weighted by molar-refractivity contribution is 5.74. The summed E-state index contributed by atoms with van der Waals surface area (Å²) in [7, 11) is 0. The maximum atomic E-state index is 11.0. The molecule has 1 fully saturated rings. The van der Waals surface area contributed by atoms with Gasteiger partial charge in [0.1, 0.15) is 5.82 Å². The fourth-order valence-electron chi connectivity index (χ4n) is 2.54. The summed E-state index contributed by atoms with van der Waals surface area (Å²) in [6, 6.07) is 7.88. The van der Waals surface area contributed by atoms with Crippen molar-refractivity contribution >= 4 is 17.1 Å². The summed E-state index contributed by atoms with van der Waals surface area (Å²) in [5, 5.41) is 9.04. The number of para-hydroxylation sites is 2. The number of H-pyrrole nitrogens is 1. The van der Waals surface area contributed by atoms with Crippen LogP contribution in [0.1, 0.15) is 24.6 Å². The highest BCUT2D eigenvalue weighted by Crippen LogP contribution is 2.26. The predicted molar refractivity (Wildman–Crippen MR) is 67.7 cm³/mol. The Morgan fingerprint density at radius 2 is 2.28 bits per heavy atom. The molecule has 0 spiro atoms. The summed E-state index contributed by atoms with van der Waals surface area (Å²) in [5.41, 5.74) is 1.96. The first-order valence-electron chi connectivity index (χ1n) is 6.16. The third-order valence-electron chi connectivity index (χ3n) is 3.49. The van der Waals surface area contributed by atoms with Crippen LogP contribution < -0.4 is 0 Å². The molecule has 5 heteroatoms. The smallest absolute Gasteiger partial charge is 0.407 e. The van der Waals surface area contributed by atoms with E-state index >= 15 is 0 Å². The number of likely N-dealkylation sites (tertiary alicyclic amines) is 1. The molecule has 0 saturated carbocycles. The third kappa shape index (κ3) is 1.92. The van der Waals surface area contributed by atoms with Crippen molar-refractivity contribution in [3.05, 3.63) is 30.1 Å². The molecule has 1 atom stereocenters. The van der Waals surface area contributed by atoms with E-state index < -0.39 is 6.09 Å². The van der Waals surface area contributed by atoms with Crippen LogP contribution in [-0.2, 0) is 0 Å². The van der Waals surface area contributed by atoms with Crippen molar-refractivity contribution in [1.29, 1.82) is 0 Å². The molecule has 1 aliphatic heterocycles. The van der Waals surface area contributed by atoms with Crippen LogP contribution in [0.4, 0.5) is 4.79 Å². The summed E-state index contributed by atoms with van der Waals surface area (Å²) in [6.45, 7) is 1.17. The number of benzene rings is 1. The Balaban J connectivity index is 1.87. The van der Waals surface area contributed by atoms with Crippen molar-refractivity contribution in [2.45, 2.75) is 18.8 Å². The molecule has 1 saturated heterocycles. The third-order valence-corrected chi connectivity index (χ3v) is 3.49. The molecule has 1 aromatic carbocycles. The molecule has 1 amide bonds. The van der Waals surface area contributed by atoms with Crippen LogP contribution in [0.15, 0.2) is 24.3 Å². The van der Waals surface area contributed by atoms with Gasteiger partial charge in [0.05, 0.1) is 11.0 Å². The Bertz CT molecular complexity index is 545. The van der Waals surface area contributed by atoms with Crippen LogP contribution in [0.5, 0.6) is 0 Å². The number of fused-ring (bicyclic) bond motifs is 1. The molecule has 1 aliphatic rings. The predicted octanol–water partition coefficient (Wildman–Crippen LogP) is 2.42. The minimum Gasteiger partial charge on any atom is -0.465 e. The number of piperidine rings is 1. The fourth-order valence-corrected chi connectivity index (χ4v) is 2.54. The van der Waals surface area contributed by atoms with Crippen LogP contribution >= 0.6 is 0 Å². The average Bonchev–Trinajstić information content (AvgIpc) is 2.82. The molecule has 1 aromatic heterocycles. The van der Waals surface area contributed by atoms with Crippen molar-refractivity contribution in [3.63, 3.8) is 0 Å². The molecule has 0 aliphatic carbocycles. The van der Waals surface area contributed by atoms with E-state index in [2.05, 4.69) is 9.97 Å². The SMILES string of the molecule is O=C(O)N1CCC[C@H](c2nc3ccccc3[nH]2)C1. The van der Waals surface area contributed by atoms with E-state index in [0.29, 0.717) is 13.1 Å². The zero-order chi connectivity index (χ0) is 12.5. The minimum absolute atomic E-state index is 0.183. The molecule has 0 radical (unpaired) electrons. The summed E-state index contributed by atoms with van der Waals surface area (Å²) < 4.78 is 0. The van der Waals surface area contributed by atoms with Crippen LogP contribution in [0.25, 0.3) is 11.0 Å². The lowest BCUT2D eigenvalue weighted by molar-refractivity contribution is 0.129. The lowest BCUT2D eigenvalue weighted by Crippen LogP contribution is -2.38. The zero-order valence-electron chi connectivity index (χ0n) is 9.97. The van der Waals surface area contributed by atoms with Crippen molar-refractivity contribution in [3.8, 4) is 0 Å². The monoisotopic (exact) mass is 245 g/mol. The second-order valence-corrected chi connectivity index (χ2v) is 4.71. The Labute approximate surface area is 104 Å². The molecular formula is C13H15N3O2. The molecule has 0 bridgehead atoms.